The fourth-order valence-electron chi connectivity index (χ4n) is 2.74. The highest BCUT2D eigenvalue weighted by Gasteiger charge is 2.51. The SMILES string of the molecule is CC1(C)OB(c2ccc3ccc4nncn4c3c2)OC1(C)C. The first-order valence-corrected chi connectivity index (χ1v) is 7.45. The van der Waals surface area contributed by atoms with Crippen LogP contribution < -0.4 is 5.46 Å². The van der Waals surface area contributed by atoms with Gasteiger partial charge in [-0.05, 0) is 56.7 Å². The Kier molecular flexibility index (Phi) is 2.69. The van der Waals surface area contributed by atoms with Gasteiger partial charge in [0.05, 0.1) is 16.7 Å². The van der Waals surface area contributed by atoms with E-state index in [0.717, 1.165) is 22.0 Å². The molecule has 1 aliphatic heterocycles. The van der Waals surface area contributed by atoms with Crippen molar-refractivity contribution in [3.63, 3.8) is 0 Å². The molecule has 0 N–H and O–H groups in total. The van der Waals surface area contributed by atoms with E-state index in [2.05, 4.69) is 56.1 Å². The summed E-state index contributed by atoms with van der Waals surface area (Å²) in [5.41, 5.74) is 2.21. The van der Waals surface area contributed by atoms with Crippen LogP contribution in [0, 0.1) is 0 Å². The maximum absolute atomic E-state index is 6.13. The molecule has 6 heteroatoms. The molecule has 2 aromatic heterocycles. The van der Waals surface area contributed by atoms with Crippen molar-refractivity contribution in [3.8, 4) is 0 Å². The minimum absolute atomic E-state index is 0.338. The van der Waals surface area contributed by atoms with Crippen molar-refractivity contribution in [3.05, 3.63) is 36.7 Å². The fraction of sp³-hybridized carbons (Fsp3) is 0.375. The Bertz CT molecular complexity index is 856. The first-order chi connectivity index (χ1) is 10.4. The van der Waals surface area contributed by atoms with Crippen molar-refractivity contribution in [2.24, 2.45) is 0 Å². The molecule has 3 heterocycles. The zero-order chi connectivity index (χ0) is 15.5. The molecule has 1 saturated heterocycles. The van der Waals surface area contributed by atoms with Crippen molar-refractivity contribution in [1.82, 2.24) is 14.6 Å². The van der Waals surface area contributed by atoms with E-state index in [9.17, 15) is 0 Å². The van der Waals surface area contributed by atoms with Crippen LogP contribution in [0.5, 0.6) is 0 Å². The number of pyridine rings is 1. The average molecular weight is 295 g/mol. The normalized spacial score (nSPS) is 20.1. The molecule has 112 valence electrons. The van der Waals surface area contributed by atoms with Gasteiger partial charge in [-0.25, -0.2) is 0 Å². The highest BCUT2D eigenvalue weighted by Crippen LogP contribution is 2.36. The maximum Gasteiger partial charge on any atom is 0.494 e. The van der Waals surface area contributed by atoms with Gasteiger partial charge < -0.3 is 9.31 Å². The minimum Gasteiger partial charge on any atom is -0.399 e. The Balaban J connectivity index is 1.83. The first-order valence-electron chi connectivity index (χ1n) is 7.45. The summed E-state index contributed by atoms with van der Waals surface area (Å²) < 4.78 is 14.2. The van der Waals surface area contributed by atoms with Crippen LogP contribution in [0.15, 0.2) is 36.7 Å². The second-order valence-electron chi connectivity index (χ2n) is 6.80. The molecule has 3 aromatic rings. The summed E-state index contributed by atoms with van der Waals surface area (Å²) in [5, 5.41) is 9.20. The van der Waals surface area contributed by atoms with E-state index in [1.165, 1.54) is 0 Å². The van der Waals surface area contributed by atoms with Crippen molar-refractivity contribution >= 4 is 29.1 Å². The van der Waals surface area contributed by atoms with E-state index in [1.807, 2.05) is 16.5 Å². The predicted molar refractivity (Wildman–Crippen MR) is 86.2 cm³/mol. The molecule has 0 aliphatic carbocycles. The summed E-state index contributed by atoms with van der Waals surface area (Å²) in [5.74, 6) is 0. The molecule has 0 unspecified atom stereocenters. The smallest absolute Gasteiger partial charge is 0.399 e. The highest BCUT2D eigenvalue weighted by atomic mass is 16.7. The van der Waals surface area contributed by atoms with Gasteiger partial charge >= 0.3 is 7.12 Å². The topological polar surface area (TPSA) is 48.7 Å². The summed E-state index contributed by atoms with van der Waals surface area (Å²) in [6, 6.07) is 10.2. The molecule has 0 radical (unpaired) electrons. The highest BCUT2D eigenvalue weighted by molar-refractivity contribution is 6.62. The monoisotopic (exact) mass is 295 g/mol. The summed E-state index contributed by atoms with van der Waals surface area (Å²) >= 11 is 0. The lowest BCUT2D eigenvalue weighted by molar-refractivity contribution is 0.00578. The van der Waals surface area contributed by atoms with Crippen LogP contribution in [0.1, 0.15) is 27.7 Å². The zero-order valence-corrected chi connectivity index (χ0v) is 13.2. The van der Waals surface area contributed by atoms with Crippen molar-refractivity contribution in [2.45, 2.75) is 38.9 Å². The van der Waals surface area contributed by atoms with Crippen LogP contribution in [0.25, 0.3) is 16.6 Å². The molecule has 22 heavy (non-hydrogen) atoms. The number of hydrogen-bond donors (Lipinski definition) is 0. The standard InChI is InChI=1S/C16H18BN3O2/c1-15(2)16(3,4)22-17(21-15)12-7-5-11-6-8-14-19-18-10-20(14)13(11)9-12/h5-10H,1-4H3. The quantitative estimate of drug-likeness (QED) is 0.646. The molecular weight excluding hydrogens is 277 g/mol. The molecule has 0 saturated carbocycles. The van der Waals surface area contributed by atoms with Gasteiger partial charge in [-0.2, -0.15) is 0 Å². The molecule has 0 amide bonds. The predicted octanol–water partition coefficient (Wildman–Crippen LogP) is 2.18. The van der Waals surface area contributed by atoms with Crippen molar-refractivity contribution < 1.29 is 9.31 Å². The van der Waals surface area contributed by atoms with Gasteiger partial charge in [0.15, 0.2) is 5.65 Å². The van der Waals surface area contributed by atoms with Gasteiger partial charge in [0.1, 0.15) is 6.33 Å². The Morgan fingerprint density at radius 2 is 1.68 bits per heavy atom. The van der Waals surface area contributed by atoms with Crippen LogP contribution in [0.2, 0.25) is 0 Å². The number of rotatable bonds is 1. The van der Waals surface area contributed by atoms with E-state index in [4.69, 9.17) is 9.31 Å². The van der Waals surface area contributed by atoms with Crippen LogP contribution in [0.3, 0.4) is 0 Å². The fourth-order valence-corrected chi connectivity index (χ4v) is 2.74. The van der Waals surface area contributed by atoms with E-state index >= 15 is 0 Å². The second kappa shape index (κ2) is 4.30. The minimum atomic E-state index is -0.360. The van der Waals surface area contributed by atoms with Gasteiger partial charge in [-0.3, -0.25) is 4.40 Å². The number of fused-ring (bicyclic) bond motifs is 3. The number of aromatic nitrogens is 3. The number of nitrogens with zero attached hydrogens (tertiary/aromatic N) is 3. The average Bonchev–Trinajstić information content (AvgIpc) is 3.01. The molecular formula is C16H18BN3O2. The molecule has 0 spiro atoms. The molecule has 0 atom stereocenters. The maximum atomic E-state index is 6.13. The van der Waals surface area contributed by atoms with Gasteiger partial charge in [0.25, 0.3) is 0 Å². The van der Waals surface area contributed by atoms with E-state index in [1.54, 1.807) is 6.33 Å². The second-order valence-corrected chi connectivity index (χ2v) is 6.80. The lowest BCUT2D eigenvalue weighted by Gasteiger charge is -2.32. The largest absolute Gasteiger partial charge is 0.494 e. The molecule has 1 aromatic carbocycles. The summed E-state index contributed by atoms with van der Waals surface area (Å²) in [6.45, 7) is 8.25. The Labute approximate surface area is 129 Å². The number of hydrogen-bond acceptors (Lipinski definition) is 4. The summed E-state index contributed by atoms with van der Waals surface area (Å²) in [4.78, 5) is 0. The number of benzene rings is 1. The lowest BCUT2D eigenvalue weighted by Crippen LogP contribution is -2.41. The first kappa shape index (κ1) is 13.7. The van der Waals surface area contributed by atoms with Crippen LogP contribution in [-0.4, -0.2) is 32.9 Å². The van der Waals surface area contributed by atoms with Gasteiger partial charge in [0.2, 0.25) is 0 Å². The van der Waals surface area contributed by atoms with Crippen LogP contribution in [0.4, 0.5) is 0 Å². The van der Waals surface area contributed by atoms with Crippen molar-refractivity contribution in [1.29, 1.82) is 0 Å². The van der Waals surface area contributed by atoms with Gasteiger partial charge in [-0.1, -0.05) is 12.1 Å². The Morgan fingerprint density at radius 3 is 2.41 bits per heavy atom. The third-order valence-electron chi connectivity index (χ3n) is 4.83. The summed E-state index contributed by atoms with van der Waals surface area (Å²) in [6.07, 6.45) is 1.73. The third kappa shape index (κ3) is 1.87. The molecule has 1 aliphatic rings. The van der Waals surface area contributed by atoms with Crippen molar-refractivity contribution in [2.75, 3.05) is 0 Å². The van der Waals surface area contributed by atoms with Gasteiger partial charge in [0, 0.05) is 0 Å². The summed E-state index contributed by atoms with van der Waals surface area (Å²) in [7, 11) is -0.360. The molecule has 4 rings (SSSR count). The Hall–Kier alpha value is -1.92. The van der Waals surface area contributed by atoms with E-state index in [-0.39, 0.29) is 18.3 Å². The van der Waals surface area contributed by atoms with E-state index < -0.39 is 0 Å². The van der Waals surface area contributed by atoms with E-state index in [0.29, 0.717) is 0 Å². The van der Waals surface area contributed by atoms with Crippen LogP contribution >= 0.6 is 0 Å². The third-order valence-corrected chi connectivity index (χ3v) is 4.83. The lowest BCUT2D eigenvalue weighted by atomic mass is 9.78. The molecule has 5 nitrogen and oxygen atoms in total. The zero-order valence-electron chi connectivity index (χ0n) is 13.2. The molecule has 1 fully saturated rings. The van der Waals surface area contributed by atoms with Crippen LogP contribution in [-0.2, 0) is 9.31 Å². The molecule has 0 bridgehead atoms. The van der Waals surface area contributed by atoms with Gasteiger partial charge in [-0.15, -0.1) is 10.2 Å². The Morgan fingerprint density at radius 1 is 1.00 bits per heavy atom.